The summed E-state index contributed by atoms with van der Waals surface area (Å²) in [5.74, 6) is 0.657. The van der Waals surface area contributed by atoms with Crippen LogP contribution in [0, 0.1) is 5.92 Å². The van der Waals surface area contributed by atoms with Crippen LogP contribution >= 0.6 is 0 Å². The Hall–Kier alpha value is -1.11. The summed E-state index contributed by atoms with van der Waals surface area (Å²) >= 11 is 0. The molecule has 1 aromatic rings. The quantitative estimate of drug-likeness (QED) is 0.801. The van der Waals surface area contributed by atoms with Gasteiger partial charge in [0.15, 0.2) is 0 Å². The Morgan fingerprint density at radius 2 is 2.05 bits per heavy atom. The zero-order chi connectivity index (χ0) is 15.3. The first kappa shape index (κ1) is 16.3. The predicted octanol–water partition coefficient (Wildman–Crippen LogP) is 1.55. The molecule has 1 fully saturated rings. The van der Waals surface area contributed by atoms with E-state index in [9.17, 15) is 8.42 Å². The largest absolute Gasteiger partial charge is 0.371 e. The van der Waals surface area contributed by atoms with Crippen molar-refractivity contribution in [2.45, 2.75) is 31.1 Å². The lowest BCUT2D eigenvalue weighted by Crippen LogP contribution is -2.24. The van der Waals surface area contributed by atoms with E-state index in [0.717, 1.165) is 44.6 Å². The molecular formula is C15H25N3O2S. The van der Waals surface area contributed by atoms with E-state index in [4.69, 9.17) is 5.73 Å². The van der Waals surface area contributed by atoms with Crippen molar-refractivity contribution in [2.75, 3.05) is 31.1 Å². The average Bonchev–Trinajstić information content (AvgIpc) is 2.94. The van der Waals surface area contributed by atoms with Crippen LogP contribution in [0.3, 0.4) is 0 Å². The first-order valence-electron chi connectivity index (χ1n) is 7.61. The summed E-state index contributed by atoms with van der Waals surface area (Å²) in [6, 6.07) is 7.16. The minimum atomic E-state index is -3.37. The summed E-state index contributed by atoms with van der Waals surface area (Å²) < 4.78 is 26.6. The maximum atomic E-state index is 12.0. The van der Waals surface area contributed by atoms with Gasteiger partial charge in [-0.2, -0.15) is 0 Å². The molecule has 1 heterocycles. The van der Waals surface area contributed by atoms with E-state index >= 15 is 0 Å². The molecular weight excluding hydrogens is 286 g/mol. The third-order valence-electron chi connectivity index (χ3n) is 3.92. The lowest BCUT2D eigenvalue weighted by Gasteiger charge is -2.19. The van der Waals surface area contributed by atoms with Crippen LogP contribution in [-0.4, -0.2) is 34.6 Å². The van der Waals surface area contributed by atoms with Crippen LogP contribution in [0.2, 0.25) is 0 Å². The van der Waals surface area contributed by atoms with Crippen LogP contribution in [0.5, 0.6) is 0 Å². The highest BCUT2D eigenvalue weighted by Crippen LogP contribution is 2.26. The van der Waals surface area contributed by atoms with Gasteiger partial charge >= 0.3 is 0 Å². The standard InChI is InChI=1S/C15H25N3O2S/c1-2-10-17-21(19,20)15-5-3-14(4-6-15)18-11-8-13(12-18)7-9-16/h3-6,13,17H,2,7-12,16H2,1H3. The molecule has 0 aliphatic carbocycles. The van der Waals surface area contributed by atoms with E-state index < -0.39 is 10.0 Å². The third-order valence-corrected chi connectivity index (χ3v) is 5.39. The molecule has 1 aliphatic rings. The molecule has 0 bridgehead atoms. The van der Waals surface area contributed by atoms with E-state index in [1.165, 1.54) is 0 Å². The van der Waals surface area contributed by atoms with Crippen LogP contribution in [0.4, 0.5) is 5.69 Å². The summed E-state index contributed by atoms with van der Waals surface area (Å²) in [5, 5.41) is 0. The summed E-state index contributed by atoms with van der Waals surface area (Å²) in [5.41, 5.74) is 6.69. The van der Waals surface area contributed by atoms with Gasteiger partial charge in [-0.25, -0.2) is 13.1 Å². The second kappa shape index (κ2) is 7.24. The van der Waals surface area contributed by atoms with Crippen LogP contribution < -0.4 is 15.4 Å². The summed E-state index contributed by atoms with van der Waals surface area (Å²) in [4.78, 5) is 2.63. The number of rotatable bonds is 7. The highest BCUT2D eigenvalue weighted by atomic mass is 32.2. The first-order chi connectivity index (χ1) is 10.1. The van der Waals surface area contributed by atoms with Crippen molar-refractivity contribution in [1.29, 1.82) is 0 Å². The first-order valence-corrected chi connectivity index (χ1v) is 9.10. The zero-order valence-electron chi connectivity index (χ0n) is 12.6. The van der Waals surface area contributed by atoms with Gasteiger partial charge in [0.1, 0.15) is 0 Å². The topological polar surface area (TPSA) is 75.4 Å². The van der Waals surface area contributed by atoms with Gasteiger partial charge in [0, 0.05) is 25.3 Å². The van der Waals surface area contributed by atoms with E-state index in [0.29, 0.717) is 17.4 Å². The second-order valence-corrected chi connectivity index (χ2v) is 7.34. The number of benzene rings is 1. The van der Waals surface area contributed by atoms with E-state index in [2.05, 4.69) is 9.62 Å². The Labute approximate surface area is 127 Å². The predicted molar refractivity (Wildman–Crippen MR) is 85.9 cm³/mol. The van der Waals surface area contributed by atoms with Gasteiger partial charge < -0.3 is 10.6 Å². The van der Waals surface area contributed by atoms with Gasteiger partial charge in [0.2, 0.25) is 10.0 Å². The second-order valence-electron chi connectivity index (χ2n) is 5.57. The molecule has 1 saturated heterocycles. The molecule has 2 rings (SSSR count). The van der Waals surface area contributed by atoms with Crippen LogP contribution in [0.1, 0.15) is 26.2 Å². The number of nitrogens with one attached hydrogen (secondary N) is 1. The summed E-state index contributed by atoms with van der Waals surface area (Å²) in [6.07, 6.45) is 3.01. The van der Waals surface area contributed by atoms with Crippen LogP contribution in [0.25, 0.3) is 0 Å². The lowest BCUT2D eigenvalue weighted by atomic mass is 10.1. The van der Waals surface area contributed by atoms with Gasteiger partial charge in [-0.05, 0) is 56.0 Å². The van der Waals surface area contributed by atoms with Gasteiger partial charge in [-0.3, -0.25) is 0 Å². The van der Waals surface area contributed by atoms with Crippen molar-refractivity contribution >= 4 is 15.7 Å². The summed E-state index contributed by atoms with van der Waals surface area (Å²) in [6.45, 7) is 5.18. The SMILES string of the molecule is CCCNS(=O)(=O)c1ccc(N2CCC(CCN)C2)cc1. The summed E-state index contributed by atoms with van der Waals surface area (Å²) in [7, 11) is -3.37. The minimum Gasteiger partial charge on any atom is -0.371 e. The molecule has 5 nitrogen and oxygen atoms in total. The highest BCUT2D eigenvalue weighted by Gasteiger charge is 2.22. The fourth-order valence-electron chi connectivity index (χ4n) is 2.69. The van der Waals surface area contributed by atoms with E-state index in [1.54, 1.807) is 12.1 Å². The highest BCUT2D eigenvalue weighted by molar-refractivity contribution is 7.89. The van der Waals surface area contributed by atoms with Crippen molar-refractivity contribution < 1.29 is 8.42 Å². The fourth-order valence-corrected chi connectivity index (χ4v) is 3.83. The number of nitrogens with two attached hydrogens (primary N) is 1. The van der Waals surface area contributed by atoms with E-state index in [1.807, 2.05) is 19.1 Å². The molecule has 3 N–H and O–H groups in total. The van der Waals surface area contributed by atoms with E-state index in [-0.39, 0.29) is 0 Å². The smallest absolute Gasteiger partial charge is 0.240 e. The Kier molecular flexibility index (Phi) is 5.61. The molecule has 0 amide bonds. The van der Waals surface area contributed by atoms with Crippen molar-refractivity contribution in [1.82, 2.24) is 4.72 Å². The molecule has 1 aromatic carbocycles. The zero-order valence-corrected chi connectivity index (χ0v) is 13.4. The molecule has 21 heavy (non-hydrogen) atoms. The third kappa shape index (κ3) is 4.18. The van der Waals surface area contributed by atoms with Gasteiger partial charge in [0.25, 0.3) is 0 Å². The van der Waals surface area contributed by atoms with Gasteiger partial charge in [-0.1, -0.05) is 6.92 Å². The normalized spacial score (nSPS) is 19.1. The molecule has 1 unspecified atom stereocenters. The number of hydrogen-bond acceptors (Lipinski definition) is 4. The number of hydrogen-bond donors (Lipinski definition) is 2. The van der Waals surface area contributed by atoms with Crippen molar-refractivity contribution in [3.8, 4) is 0 Å². The molecule has 0 aromatic heterocycles. The van der Waals surface area contributed by atoms with Crippen LogP contribution in [0.15, 0.2) is 29.2 Å². The van der Waals surface area contributed by atoms with Gasteiger partial charge in [-0.15, -0.1) is 0 Å². The Morgan fingerprint density at radius 3 is 2.67 bits per heavy atom. The Balaban J connectivity index is 2.03. The molecule has 6 heteroatoms. The Bertz CT molecular complexity index is 543. The molecule has 0 saturated carbocycles. The number of anilines is 1. The maximum Gasteiger partial charge on any atom is 0.240 e. The Morgan fingerprint density at radius 1 is 1.33 bits per heavy atom. The fraction of sp³-hybridized carbons (Fsp3) is 0.600. The van der Waals surface area contributed by atoms with Crippen molar-refractivity contribution in [2.24, 2.45) is 11.7 Å². The molecule has 0 spiro atoms. The minimum absolute atomic E-state index is 0.331. The monoisotopic (exact) mass is 311 g/mol. The number of nitrogens with zero attached hydrogens (tertiary/aromatic N) is 1. The molecule has 1 aliphatic heterocycles. The maximum absolute atomic E-state index is 12.0. The van der Waals surface area contributed by atoms with Crippen molar-refractivity contribution in [3.05, 3.63) is 24.3 Å². The molecule has 118 valence electrons. The van der Waals surface area contributed by atoms with Crippen LogP contribution in [-0.2, 0) is 10.0 Å². The number of sulfonamides is 1. The molecule has 1 atom stereocenters. The van der Waals surface area contributed by atoms with Crippen molar-refractivity contribution in [3.63, 3.8) is 0 Å². The average molecular weight is 311 g/mol. The lowest BCUT2D eigenvalue weighted by molar-refractivity contribution is 0.546. The van der Waals surface area contributed by atoms with Gasteiger partial charge in [0.05, 0.1) is 4.90 Å². The molecule has 0 radical (unpaired) electrons.